The summed E-state index contributed by atoms with van der Waals surface area (Å²) in [5.74, 6) is 0. The van der Waals surface area contributed by atoms with Gasteiger partial charge in [-0.3, -0.25) is 5.10 Å². The van der Waals surface area contributed by atoms with Crippen molar-refractivity contribution in [2.45, 2.75) is 0 Å². The van der Waals surface area contributed by atoms with E-state index in [1.165, 1.54) is 6.07 Å². The van der Waals surface area contributed by atoms with E-state index < -0.39 is 0 Å². The maximum absolute atomic E-state index is 11.0. The molecular weight excluding hydrogens is 180 g/mol. The highest BCUT2D eigenvalue weighted by Gasteiger charge is 2.03. The second-order valence-corrected chi connectivity index (χ2v) is 3.07. The van der Waals surface area contributed by atoms with Gasteiger partial charge in [0.25, 0.3) is 0 Å². The van der Waals surface area contributed by atoms with Gasteiger partial charge in [0.15, 0.2) is 0 Å². The van der Waals surface area contributed by atoms with Crippen LogP contribution < -0.4 is 5.63 Å². The Bertz CT molecular complexity index is 666. The molecule has 0 bridgehead atoms. The molecule has 3 rings (SSSR count). The number of nitrogens with zero attached hydrogens (tertiary/aromatic N) is 1. The van der Waals surface area contributed by atoms with Crippen molar-refractivity contribution >= 4 is 21.9 Å². The summed E-state index contributed by atoms with van der Waals surface area (Å²) in [4.78, 5) is 11.0. The second kappa shape index (κ2) is 2.45. The minimum absolute atomic E-state index is 0.337. The van der Waals surface area contributed by atoms with Crippen molar-refractivity contribution in [3.63, 3.8) is 0 Å². The van der Waals surface area contributed by atoms with Crippen molar-refractivity contribution < 1.29 is 4.42 Å². The van der Waals surface area contributed by atoms with Crippen LogP contribution in [0.2, 0.25) is 0 Å². The van der Waals surface area contributed by atoms with Gasteiger partial charge in [-0.05, 0) is 18.2 Å². The molecule has 0 aliphatic heterocycles. The summed E-state index contributed by atoms with van der Waals surface area (Å²) < 4.78 is 5.04. The number of aromatic amines is 1. The fraction of sp³-hybridized carbons (Fsp3) is 0. The molecule has 4 heteroatoms. The van der Waals surface area contributed by atoms with Crippen LogP contribution >= 0.6 is 0 Å². The van der Waals surface area contributed by atoms with E-state index in [-0.39, 0.29) is 5.63 Å². The van der Waals surface area contributed by atoms with E-state index in [1.54, 1.807) is 18.3 Å². The molecule has 0 aliphatic carbocycles. The molecule has 2 aromatic heterocycles. The van der Waals surface area contributed by atoms with Crippen molar-refractivity contribution in [2.24, 2.45) is 0 Å². The molecule has 0 saturated heterocycles. The van der Waals surface area contributed by atoms with Crippen LogP contribution in [-0.2, 0) is 0 Å². The number of hydrogen-bond donors (Lipinski definition) is 1. The number of hydrogen-bond acceptors (Lipinski definition) is 3. The van der Waals surface area contributed by atoms with Crippen molar-refractivity contribution in [2.75, 3.05) is 0 Å². The third-order valence-corrected chi connectivity index (χ3v) is 2.21. The summed E-state index contributed by atoms with van der Waals surface area (Å²) in [5, 5.41) is 8.68. The molecule has 1 aromatic carbocycles. The number of rotatable bonds is 0. The molecule has 3 aromatic rings. The highest BCUT2D eigenvalue weighted by atomic mass is 16.4. The zero-order valence-corrected chi connectivity index (χ0v) is 7.15. The van der Waals surface area contributed by atoms with Crippen molar-refractivity contribution in [1.29, 1.82) is 0 Å². The topological polar surface area (TPSA) is 58.9 Å². The van der Waals surface area contributed by atoms with E-state index >= 15 is 0 Å². The normalized spacial score (nSPS) is 11.1. The van der Waals surface area contributed by atoms with Crippen molar-refractivity contribution in [1.82, 2.24) is 10.2 Å². The fourth-order valence-electron chi connectivity index (χ4n) is 1.56. The minimum atomic E-state index is -0.337. The average Bonchev–Trinajstić information content (AvgIpc) is 2.65. The number of fused-ring (bicyclic) bond motifs is 3. The van der Waals surface area contributed by atoms with E-state index in [4.69, 9.17) is 4.42 Å². The Balaban J connectivity index is 2.63. The highest BCUT2D eigenvalue weighted by Crippen LogP contribution is 2.21. The molecule has 4 nitrogen and oxygen atoms in total. The molecule has 0 radical (unpaired) electrons. The first-order chi connectivity index (χ1) is 6.84. The van der Waals surface area contributed by atoms with Crippen molar-refractivity contribution in [3.8, 4) is 0 Å². The Morgan fingerprint density at radius 3 is 3.07 bits per heavy atom. The van der Waals surface area contributed by atoms with Gasteiger partial charge in [0.05, 0.1) is 11.7 Å². The molecule has 0 spiro atoms. The number of aromatic nitrogens is 2. The second-order valence-electron chi connectivity index (χ2n) is 3.07. The Morgan fingerprint density at radius 2 is 2.14 bits per heavy atom. The minimum Gasteiger partial charge on any atom is -0.423 e. The third kappa shape index (κ3) is 0.877. The van der Waals surface area contributed by atoms with Gasteiger partial charge in [0, 0.05) is 16.8 Å². The smallest absolute Gasteiger partial charge is 0.336 e. The maximum atomic E-state index is 11.0. The Labute approximate surface area is 78.2 Å². The zero-order valence-electron chi connectivity index (χ0n) is 7.15. The largest absolute Gasteiger partial charge is 0.423 e. The monoisotopic (exact) mass is 186 g/mol. The molecule has 2 heterocycles. The summed E-state index contributed by atoms with van der Waals surface area (Å²) in [6.45, 7) is 0. The van der Waals surface area contributed by atoms with Crippen LogP contribution in [0, 0.1) is 0 Å². The molecule has 0 fully saturated rings. The number of H-pyrrole nitrogens is 1. The first kappa shape index (κ1) is 7.32. The Kier molecular flexibility index (Phi) is 1.28. The highest BCUT2D eigenvalue weighted by molar-refractivity contribution is 6.02. The molecule has 1 N–H and O–H groups in total. The SMILES string of the molecule is O=c1ccc2c(ccc3cn[nH]c32)o1. The zero-order chi connectivity index (χ0) is 9.54. The van der Waals surface area contributed by atoms with Gasteiger partial charge >= 0.3 is 5.63 Å². The lowest BCUT2D eigenvalue weighted by Crippen LogP contribution is -1.94. The van der Waals surface area contributed by atoms with Crippen LogP contribution in [0.3, 0.4) is 0 Å². The fourth-order valence-corrected chi connectivity index (χ4v) is 1.56. The predicted octanol–water partition coefficient (Wildman–Crippen LogP) is 1.67. The van der Waals surface area contributed by atoms with Gasteiger partial charge in [-0.15, -0.1) is 0 Å². The number of nitrogens with one attached hydrogen (secondary N) is 1. The van der Waals surface area contributed by atoms with Crippen molar-refractivity contribution in [3.05, 3.63) is 40.9 Å². The first-order valence-electron chi connectivity index (χ1n) is 4.20. The Hall–Kier alpha value is -2.10. The molecule has 0 amide bonds. The van der Waals surface area contributed by atoms with Crippen LogP contribution in [0.1, 0.15) is 0 Å². The summed E-state index contributed by atoms with van der Waals surface area (Å²) in [5.41, 5.74) is 1.14. The molecule has 68 valence electrons. The van der Waals surface area contributed by atoms with E-state index in [0.29, 0.717) is 5.58 Å². The predicted molar refractivity (Wildman–Crippen MR) is 52.1 cm³/mol. The molecule has 0 saturated carbocycles. The summed E-state index contributed by atoms with van der Waals surface area (Å²) in [6, 6.07) is 6.78. The summed E-state index contributed by atoms with van der Waals surface area (Å²) in [6.07, 6.45) is 1.74. The van der Waals surface area contributed by atoms with Crippen LogP contribution in [0.5, 0.6) is 0 Å². The van der Waals surface area contributed by atoms with E-state index in [0.717, 1.165) is 16.3 Å². The van der Waals surface area contributed by atoms with E-state index in [2.05, 4.69) is 10.2 Å². The molecule has 0 unspecified atom stereocenters. The number of benzene rings is 1. The van der Waals surface area contributed by atoms with Gasteiger partial charge in [-0.1, -0.05) is 0 Å². The van der Waals surface area contributed by atoms with Crippen LogP contribution in [0.25, 0.3) is 21.9 Å². The molecule has 14 heavy (non-hydrogen) atoms. The first-order valence-corrected chi connectivity index (χ1v) is 4.20. The van der Waals surface area contributed by atoms with Crippen LogP contribution in [-0.4, -0.2) is 10.2 Å². The molecule has 0 atom stereocenters. The van der Waals surface area contributed by atoms with Gasteiger partial charge in [-0.2, -0.15) is 5.10 Å². The van der Waals surface area contributed by atoms with Gasteiger partial charge in [0.1, 0.15) is 5.58 Å². The summed E-state index contributed by atoms with van der Waals surface area (Å²) in [7, 11) is 0. The van der Waals surface area contributed by atoms with Gasteiger partial charge in [-0.25, -0.2) is 4.79 Å². The standard InChI is InChI=1S/C10H6N2O2/c13-9-4-2-7-8(14-9)3-1-6-5-11-12-10(6)7/h1-5H,(H,11,12). The lowest BCUT2D eigenvalue weighted by atomic mass is 10.2. The maximum Gasteiger partial charge on any atom is 0.336 e. The van der Waals surface area contributed by atoms with Crippen LogP contribution in [0.4, 0.5) is 0 Å². The van der Waals surface area contributed by atoms with E-state index in [9.17, 15) is 4.79 Å². The molecule has 0 aliphatic rings. The lowest BCUT2D eigenvalue weighted by Gasteiger charge is -1.95. The van der Waals surface area contributed by atoms with Gasteiger partial charge in [0.2, 0.25) is 0 Å². The quantitative estimate of drug-likeness (QED) is 0.543. The molecular formula is C10H6N2O2. The Morgan fingerprint density at radius 1 is 1.21 bits per heavy atom. The average molecular weight is 186 g/mol. The summed E-state index contributed by atoms with van der Waals surface area (Å²) >= 11 is 0. The van der Waals surface area contributed by atoms with Gasteiger partial charge < -0.3 is 4.42 Å². The van der Waals surface area contributed by atoms with Crippen LogP contribution in [0.15, 0.2) is 39.7 Å². The third-order valence-electron chi connectivity index (χ3n) is 2.21. The van der Waals surface area contributed by atoms with E-state index in [1.807, 2.05) is 6.07 Å². The lowest BCUT2D eigenvalue weighted by molar-refractivity contribution is 0.561.